The van der Waals surface area contributed by atoms with Crippen LogP contribution in [0.5, 0.6) is 0 Å². The highest BCUT2D eigenvalue weighted by atomic mass is 19.1. The molecular formula is C28H31FN4O2. The van der Waals surface area contributed by atoms with Crippen molar-refractivity contribution in [2.24, 2.45) is 11.8 Å². The van der Waals surface area contributed by atoms with Crippen molar-refractivity contribution >= 4 is 16.7 Å². The molecule has 1 saturated carbocycles. The Kier molecular flexibility index (Phi) is 5.67. The molecule has 2 aliphatic heterocycles. The lowest BCUT2D eigenvalue weighted by Gasteiger charge is -2.36. The maximum atomic E-state index is 14.9. The summed E-state index contributed by atoms with van der Waals surface area (Å²) in [5.41, 5.74) is 2.43. The van der Waals surface area contributed by atoms with Crippen LogP contribution in [0.4, 0.5) is 4.39 Å². The highest BCUT2D eigenvalue weighted by Crippen LogP contribution is 2.36. The fraction of sp³-hybridized carbons (Fsp3) is 0.464. The second-order valence-electron chi connectivity index (χ2n) is 10.7. The second kappa shape index (κ2) is 8.86. The number of benzene rings is 2. The van der Waals surface area contributed by atoms with Gasteiger partial charge in [-0.25, -0.2) is 9.49 Å². The van der Waals surface area contributed by atoms with Gasteiger partial charge in [-0.2, -0.15) is 5.10 Å². The summed E-state index contributed by atoms with van der Waals surface area (Å²) in [6.07, 6.45) is 5.38. The molecule has 7 heteroatoms. The fourth-order valence-corrected chi connectivity index (χ4v) is 5.98. The Balaban J connectivity index is 1.24. The van der Waals surface area contributed by atoms with Gasteiger partial charge in [0.25, 0.3) is 11.5 Å². The van der Waals surface area contributed by atoms with Crippen molar-refractivity contribution in [3.63, 3.8) is 0 Å². The number of amides is 1. The summed E-state index contributed by atoms with van der Waals surface area (Å²) >= 11 is 0. The molecule has 2 atom stereocenters. The molecule has 2 aromatic carbocycles. The molecule has 6 nitrogen and oxygen atoms in total. The minimum Gasteiger partial charge on any atom is -0.337 e. The largest absolute Gasteiger partial charge is 0.337 e. The van der Waals surface area contributed by atoms with E-state index in [-0.39, 0.29) is 17.0 Å². The molecule has 3 aliphatic rings. The standard InChI is InChI=1S/C28H31FN4O2/c1-17-4-8-21-22(11-17)25(30-31-27(21)34)13-19-7-9-24(29)23(12-19)28(35)33-15-20-3-2-10-32(26(20)16-33)14-18-5-6-18/h4,7-9,11-12,18,20,26H,2-3,5-6,10,13-16H2,1H3,(H,31,34). The summed E-state index contributed by atoms with van der Waals surface area (Å²) in [4.78, 5) is 30.1. The van der Waals surface area contributed by atoms with Gasteiger partial charge in [-0.3, -0.25) is 14.5 Å². The predicted octanol–water partition coefficient (Wildman–Crippen LogP) is 3.91. The Bertz CT molecular complexity index is 1350. The number of rotatable bonds is 5. The first kappa shape index (κ1) is 22.4. The van der Waals surface area contributed by atoms with Crippen molar-refractivity contribution in [2.75, 3.05) is 26.2 Å². The van der Waals surface area contributed by atoms with Crippen LogP contribution in [-0.2, 0) is 6.42 Å². The zero-order valence-corrected chi connectivity index (χ0v) is 20.1. The fourth-order valence-electron chi connectivity index (χ4n) is 5.98. The van der Waals surface area contributed by atoms with E-state index in [9.17, 15) is 14.0 Å². The molecule has 1 N–H and O–H groups in total. The van der Waals surface area contributed by atoms with Crippen LogP contribution in [0, 0.1) is 24.6 Å². The van der Waals surface area contributed by atoms with Gasteiger partial charge in [0.15, 0.2) is 0 Å². The number of carbonyl (C=O) groups excluding carboxylic acids is 1. The van der Waals surface area contributed by atoms with Crippen LogP contribution in [0.25, 0.3) is 10.8 Å². The van der Waals surface area contributed by atoms with E-state index in [0.717, 1.165) is 41.9 Å². The van der Waals surface area contributed by atoms with E-state index < -0.39 is 5.82 Å². The van der Waals surface area contributed by atoms with Gasteiger partial charge in [-0.05, 0) is 80.8 Å². The number of piperidine rings is 1. The van der Waals surface area contributed by atoms with Crippen LogP contribution in [0.3, 0.4) is 0 Å². The van der Waals surface area contributed by atoms with Crippen LogP contribution in [0.15, 0.2) is 41.2 Å². The predicted molar refractivity (Wildman–Crippen MR) is 133 cm³/mol. The van der Waals surface area contributed by atoms with Gasteiger partial charge in [0.1, 0.15) is 5.82 Å². The molecule has 3 fully saturated rings. The van der Waals surface area contributed by atoms with Crippen molar-refractivity contribution in [2.45, 2.75) is 45.1 Å². The first-order valence-electron chi connectivity index (χ1n) is 12.8. The molecule has 0 radical (unpaired) electrons. The van der Waals surface area contributed by atoms with Gasteiger partial charge in [-0.15, -0.1) is 0 Å². The number of nitrogens with one attached hydrogen (secondary N) is 1. The Morgan fingerprint density at radius 1 is 1.11 bits per heavy atom. The lowest BCUT2D eigenvalue weighted by atomic mass is 9.92. The normalized spacial score (nSPS) is 22.5. The third kappa shape index (κ3) is 4.38. The van der Waals surface area contributed by atoms with Crippen molar-refractivity contribution < 1.29 is 9.18 Å². The smallest absolute Gasteiger partial charge is 0.272 e. The Morgan fingerprint density at radius 2 is 1.97 bits per heavy atom. The average molecular weight is 475 g/mol. The van der Waals surface area contributed by atoms with Gasteiger partial charge >= 0.3 is 0 Å². The van der Waals surface area contributed by atoms with Crippen LogP contribution in [0.1, 0.15) is 52.9 Å². The molecule has 6 rings (SSSR count). The number of hydrogen-bond acceptors (Lipinski definition) is 4. The zero-order chi connectivity index (χ0) is 24.1. The molecule has 35 heavy (non-hydrogen) atoms. The van der Waals surface area contributed by atoms with E-state index in [1.807, 2.05) is 24.0 Å². The zero-order valence-electron chi connectivity index (χ0n) is 20.1. The number of aromatic amines is 1. The van der Waals surface area contributed by atoms with Gasteiger partial charge in [0.2, 0.25) is 0 Å². The summed E-state index contributed by atoms with van der Waals surface area (Å²) < 4.78 is 14.9. The summed E-state index contributed by atoms with van der Waals surface area (Å²) in [5, 5.41) is 8.20. The van der Waals surface area contributed by atoms with Gasteiger partial charge in [-0.1, -0.05) is 17.7 Å². The van der Waals surface area contributed by atoms with E-state index >= 15 is 0 Å². The highest BCUT2D eigenvalue weighted by molar-refractivity contribution is 5.95. The first-order valence-corrected chi connectivity index (χ1v) is 12.8. The van der Waals surface area contributed by atoms with E-state index in [4.69, 9.17) is 0 Å². The Labute approximate surface area is 204 Å². The highest BCUT2D eigenvalue weighted by Gasteiger charge is 2.42. The lowest BCUT2D eigenvalue weighted by Crippen LogP contribution is -2.46. The molecule has 3 heterocycles. The van der Waals surface area contributed by atoms with E-state index in [2.05, 4.69) is 15.1 Å². The van der Waals surface area contributed by atoms with Crippen LogP contribution < -0.4 is 5.56 Å². The molecule has 1 amide bonds. The first-order chi connectivity index (χ1) is 17.0. The number of fused-ring (bicyclic) bond motifs is 2. The van der Waals surface area contributed by atoms with Crippen molar-refractivity contribution in [3.8, 4) is 0 Å². The number of nitrogens with zero attached hydrogens (tertiary/aromatic N) is 3. The Morgan fingerprint density at radius 3 is 2.80 bits per heavy atom. The number of likely N-dealkylation sites (tertiary alicyclic amines) is 2. The minimum atomic E-state index is -0.487. The van der Waals surface area contributed by atoms with E-state index in [1.165, 1.54) is 25.3 Å². The molecule has 0 bridgehead atoms. The lowest BCUT2D eigenvalue weighted by molar-refractivity contribution is 0.0770. The van der Waals surface area contributed by atoms with Crippen molar-refractivity contribution in [1.82, 2.24) is 20.0 Å². The third-order valence-electron chi connectivity index (χ3n) is 8.03. The van der Waals surface area contributed by atoms with Crippen molar-refractivity contribution in [1.29, 1.82) is 0 Å². The van der Waals surface area contributed by atoms with Crippen LogP contribution >= 0.6 is 0 Å². The number of aromatic nitrogens is 2. The molecule has 182 valence electrons. The van der Waals surface area contributed by atoms with Crippen molar-refractivity contribution in [3.05, 3.63) is 75.0 Å². The minimum absolute atomic E-state index is 0.125. The topological polar surface area (TPSA) is 69.3 Å². The molecule has 3 aromatic rings. The monoisotopic (exact) mass is 474 g/mol. The summed E-state index contributed by atoms with van der Waals surface area (Å²) in [5.74, 6) is 0.602. The van der Waals surface area contributed by atoms with Crippen LogP contribution in [-0.4, -0.2) is 58.1 Å². The van der Waals surface area contributed by atoms with Gasteiger partial charge in [0.05, 0.1) is 16.6 Å². The van der Waals surface area contributed by atoms with E-state index in [0.29, 0.717) is 42.6 Å². The number of halogens is 1. The van der Waals surface area contributed by atoms with Gasteiger partial charge < -0.3 is 4.90 Å². The molecule has 2 unspecified atom stereocenters. The van der Waals surface area contributed by atoms with E-state index in [1.54, 1.807) is 18.2 Å². The average Bonchev–Trinajstić information content (AvgIpc) is 3.56. The maximum absolute atomic E-state index is 14.9. The van der Waals surface area contributed by atoms with Crippen LogP contribution in [0.2, 0.25) is 0 Å². The number of hydrogen-bond donors (Lipinski definition) is 1. The number of carbonyl (C=O) groups is 1. The molecular weight excluding hydrogens is 443 g/mol. The second-order valence-corrected chi connectivity index (χ2v) is 10.7. The maximum Gasteiger partial charge on any atom is 0.272 e. The molecule has 1 aromatic heterocycles. The number of H-pyrrole nitrogens is 1. The summed E-state index contributed by atoms with van der Waals surface area (Å²) in [7, 11) is 0. The number of aryl methyl sites for hydroxylation is 1. The molecule has 0 spiro atoms. The summed E-state index contributed by atoms with van der Waals surface area (Å²) in [6, 6.07) is 10.8. The molecule has 2 saturated heterocycles. The molecule has 1 aliphatic carbocycles. The Hall–Kier alpha value is -3.06. The summed E-state index contributed by atoms with van der Waals surface area (Å²) in [6.45, 7) is 5.62. The third-order valence-corrected chi connectivity index (χ3v) is 8.03. The van der Waals surface area contributed by atoms with Gasteiger partial charge in [0, 0.05) is 37.5 Å². The quantitative estimate of drug-likeness (QED) is 0.609. The SMILES string of the molecule is Cc1ccc2c(=O)[nH]nc(Cc3ccc(F)c(C(=O)N4CC5CCCN(CC6CC6)C5C4)c3)c2c1.